The van der Waals surface area contributed by atoms with Crippen molar-refractivity contribution in [3.8, 4) is 22.8 Å². The topological polar surface area (TPSA) is 113 Å². The average molecular weight is 498 g/mol. The number of aromatic hydroxyl groups is 2. The maximum absolute atomic E-state index is 13.5. The van der Waals surface area contributed by atoms with Crippen molar-refractivity contribution in [3.63, 3.8) is 0 Å². The summed E-state index contributed by atoms with van der Waals surface area (Å²) in [7, 11) is 0. The van der Waals surface area contributed by atoms with Crippen LogP contribution in [0.25, 0.3) is 11.3 Å². The highest BCUT2D eigenvalue weighted by molar-refractivity contribution is 6.08. The molecule has 188 valence electrons. The molecule has 0 atom stereocenters. The highest BCUT2D eigenvalue weighted by atomic mass is 16.5. The average Bonchev–Trinajstić information content (AvgIpc) is 2.89. The number of carbonyl (C=O) groups is 2. The van der Waals surface area contributed by atoms with Gasteiger partial charge < -0.3 is 19.8 Å². The van der Waals surface area contributed by atoms with E-state index >= 15 is 0 Å². The highest BCUT2D eigenvalue weighted by Crippen LogP contribution is 2.30. The van der Waals surface area contributed by atoms with Crippen molar-refractivity contribution in [2.75, 3.05) is 11.5 Å². The molecular weight excluding hydrogens is 470 g/mol. The molecule has 0 bridgehead atoms. The van der Waals surface area contributed by atoms with E-state index in [0.717, 1.165) is 17.2 Å². The van der Waals surface area contributed by atoms with E-state index in [0.29, 0.717) is 22.8 Å². The molecule has 0 saturated heterocycles. The van der Waals surface area contributed by atoms with Gasteiger partial charge in [0.25, 0.3) is 5.91 Å². The number of carbonyl (C=O) groups excluding carboxylic acids is 2. The van der Waals surface area contributed by atoms with E-state index in [4.69, 9.17) is 4.74 Å². The Labute approximate surface area is 214 Å². The van der Waals surface area contributed by atoms with Gasteiger partial charge in [0.15, 0.2) is 5.69 Å². The predicted molar refractivity (Wildman–Crippen MR) is 140 cm³/mol. The molecule has 1 amide bonds. The van der Waals surface area contributed by atoms with Crippen molar-refractivity contribution < 1.29 is 24.5 Å². The zero-order valence-corrected chi connectivity index (χ0v) is 20.8. The number of rotatable bonds is 7. The molecule has 0 radical (unpaired) electrons. The first kappa shape index (κ1) is 25.4. The van der Waals surface area contributed by atoms with Crippen LogP contribution < -0.4 is 4.90 Å². The van der Waals surface area contributed by atoms with Gasteiger partial charge in [-0.1, -0.05) is 42.5 Å². The van der Waals surface area contributed by atoms with E-state index in [1.807, 2.05) is 42.5 Å². The third-order valence-corrected chi connectivity index (χ3v) is 5.82. The van der Waals surface area contributed by atoms with E-state index in [1.165, 1.54) is 12.1 Å². The number of amides is 1. The van der Waals surface area contributed by atoms with Crippen LogP contribution in [0.15, 0.2) is 72.8 Å². The van der Waals surface area contributed by atoms with Gasteiger partial charge in [-0.2, -0.15) is 0 Å². The minimum atomic E-state index is -0.503. The van der Waals surface area contributed by atoms with Crippen molar-refractivity contribution >= 4 is 17.6 Å². The van der Waals surface area contributed by atoms with E-state index in [1.54, 1.807) is 37.8 Å². The van der Waals surface area contributed by atoms with Crippen LogP contribution >= 0.6 is 0 Å². The molecule has 4 aromatic rings. The Kier molecular flexibility index (Phi) is 7.48. The van der Waals surface area contributed by atoms with Gasteiger partial charge in [-0.05, 0) is 50.6 Å². The maximum Gasteiger partial charge on any atom is 0.357 e. The van der Waals surface area contributed by atoms with Crippen LogP contribution in [0.1, 0.15) is 44.7 Å². The number of phenolic OH excluding ortho intramolecular Hbond substituents is 2. The number of aryl methyl sites for hydroxylation is 1. The SMILES string of the molecule is CCOC(=O)c1nc(C)nc(-c2ccc(N(Cc3ccccc3)C(=O)c3ccc(O)cc3O)cc2)c1C. The number of nitrogens with zero attached hydrogens (tertiary/aromatic N) is 3. The first-order chi connectivity index (χ1) is 17.8. The quantitative estimate of drug-likeness (QED) is 0.338. The normalized spacial score (nSPS) is 10.7. The molecule has 0 aliphatic rings. The van der Waals surface area contributed by atoms with Gasteiger partial charge in [0, 0.05) is 22.9 Å². The molecule has 3 aromatic carbocycles. The van der Waals surface area contributed by atoms with Gasteiger partial charge in [-0.25, -0.2) is 14.8 Å². The zero-order valence-electron chi connectivity index (χ0n) is 20.8. The second-order valence-electron chi connectivity index (χ2n) is 8.44. The van der Waals surface area contributed by atoms with Gasteiger partial charge in [0.2, 0.25) is 0 Å². The lowest BCUT2D eigenvalue weighted by Gasteiger charge is -2.24. The van der Waals surface area contributed by atoms with Crippen molar-refractivity contribution in [1.82, 2.24) is 9.97 Å². The molecule has 0 fully saturated rings. The number of ether oxygens (including phenoxy) is 1. The van der Waals surface area contributed by atoms with Crippen LogP contribution in [0.2, 0.25) is 0 Å². The van der Waals surface area contributed by atoms with Gasteiger partial charge >= 0.3 is 5.97 Å². The van der Waals surface area contributed by atoms with Crippen LogP contribution in [0.4, 0.5) is 5.69 Å². The summed E-state index contributed by atoms with van der Waals surface area (Å²) >= 11 is 0. The zero-order chi connectivity index (χ0) is 26.5. The number of esters is 1. The van der Waals surface area contributed by atoms with Gasteiger partial charge in [-0.15, -0.1) is 0 Å². The van der Waals surface area contributed by atoms with E-state index in [2.05, 4.69) is 9.97 Å². The van der Waals surface area contributed by atoms with Crippen molar-refractivity contribution in [2.45, 2.75) is 27.3 Å². The second kappa shape index (κ2) is 10.9. The molecule has 37 heavy (non-hydrogen) atoms. The Balaban J connectivity index is 1.73. The first-order valence-electron chi connectivity index (χ1n) is 11.8. The monoisotopic (exact) mass is 497 g/mol. The van der Waals surface area contributed by atoms with Crippen LogP contribution in [0.5, 0.6) is 11.5 Å². The number of phenols is 2. The Morgan fingerprint density at radius 1 is 0.919 bits per heavy atom. The molecule has 1 heterocycles. The van der Waals surface area contributed by atoms with E-state index in [9.17, 15) is 19.8 Å². The summed E-state index contributed by atoms with van der Waals surface area (Å²) in [4.78, 5) is 36.3. The molecule has 0 spiro atoms. The minimum absolute atomic E-state index is 0.0687. The molecule has 0 saturated carbocycles. The summed E-state index contributed by atoms with van der Waals surface area (Å²) in [5.41, 5.74) is 3.73. The summed E-state index contributed by atoms with van der Waals surface area (Å²) in [6.07, 6.45) is 0. The van der Waals surface area contributed by atoms with Crippen molar-refractivity contribution in [1.29, 1.82) is 0 Å². The molecule has 1 aromatic heterocycles. The minimum Gasteiger partial charge on any atom is -0.508 e. The lowest BCUT2D eigenvalue weighted by atomic mass is 10.0. The molecular formula is C29H27N3O5. The van der Waals surface area contributed by atoms with E-state index < -0.39 is 11.9 Å². The molecule has 8 nitrogen and oxygen atoms in total. The lowest BCUT2D eigenvalue weighted by molar-refractivity contribution is 0.0518. The largest absolute Gasteiger partial charge is 0.508 e. The smallest absolute Gasteiger partial charge is 0.357 e. The number of hydrogen-bond donors (Lipinski definition) is 2. The summed E-state index contributed by atoms with van der Waals surface area (Å²) < 4.78 is 5.14. The Morgan fingerprint density at radius 3 is 2.27 bits per heavy atom. The molecule has 0 aliphatic heterocycles. The summed E-state index contributed by atoms with van der Waals surface area (Å²) in [5, 5.41) is 20.0. The second-order valence-corrected chi connectivity index (χ2v) is 8.44. The highest BCUT2D eigenvalue weighted by Gasteiger charge is 2.23. The molecule has 2 N–H and O–H groups in total. The van der Waals surface area contributed by atoms with Gasteiger partial charge in [0.1, 0.15) is 17.3 Å². The first-order valence-corrected chi connectivity index (χ1v) is 11.8. The summed E-state index contributed by atoms with van der Waals surface area (Å²) in [6, 6.07) is 20.6. The maximum atomic E-state index is 13.5. The van der Waals surface area contributed by atoms with E-state index in [-0.39, 0.29) is 35.9 Å². The molecule has 0 unspecified atom stereocenters. The molecule has 0 aliphatic carbocycles. The van der Waals surface area contributed by atoms with Gasteiger partial charge in [0.05, 0.1) is 24.4 Å². The fourth-order valence-corrected chi connectivity index (χ4v) is 4.00. The fraction of sp³-hybridized carbons (Fsp3) is 0.172. The molecule has 8 heteroatoms. The number of hydrogen-bond acceptors (Lipinski definition) is 7. The predicted octanol–water partition coefficient (Wildman–Crippen LogP) is 5.20. The standard InChI is InChI=1S/C29H27N3O5/c1-4-37-29(36)27-18(2)26(30-19(3)31-27)21-10-12-22(13-11-21)32(17-20-8-6-5-7-9-20)28(35)24-15-14-23(33)16-25(24)34/h5-16,33-34H,4,17H2,1-3H3. The number of benzene rings is 3. The molecule has 4 rings (SSSR count). The lowest BCUT2D eigenvalue weighted by Crippen LogP contribution is -2.30. The summed E-state index contributed by atoms with van der Waals surface area (Å²) in [5.74, 6) is -0.926. The van der Waals surface area contributed by atoms with Crippen LogP contribution in [-0.4, -0.2) is 38.7 Å². The van der Waals surface area contributed by atoms with Gasteiger partial charge in [-0.3, -0.25) is 4.79 Å². The fourth-order valence-electron chi connectivity index (χ4n) is 4.00. The third-order valence-electron chi connectivity index (χ3n) is 5.82. The number of anilines is 1. The van der Waals surface area contributed by atoms with Crippen LogP contribution in [0.3, 0.4) is 0 Å². The van der Waals surface area contributed by atoms with Crippen LogP contribution in [0, 0.1) is 13.8 Å². The third kappa shape index (κ3) is 5.59. The number of aromatic nitrogens is 2. The Bertz CT molecular complexity index is 1440. The van der Waals surface area contributed by atoms with Crippen molar-refractivity contribution in [3.05, 3.63) is 101 Å². The van der Waals surface area contributed by atoms with Crippen molar-refractivity contribution in [2.24, 2.45) is 0 Å². The summed E-state index contributed by atoms with van der Waals surface area (Å²) in [6.45, 7) is 5.73. The Morgan fingerprint density at radius 2 is 1.62 bits per heavy atom. The Hall–Kier alpha value is -4.72. The van der Waals surface area contributed by atoms with Crippen LogP contribution in [-0.2, 0) is 11.3 Å².